The summed E-state index contributed by atoms with van der Waals surface area (Å²) in [5, 5.41) is 4.97. The molecule has 0 saturated carbocycles. The molecule has 2 N–H and O–H groups in total. The molecule has 1 fully saturated rings. The van der Waals surface area contributed by atoms with E-state index in [2.05, 4.69) is 10.1 Å². The third-order valence-corrected chi connectivity index (χ3v) is 5.44. The second-order valence-electron chi connectivity index (χ2n) is 8.14. The molecule has 3 aromatic rings. The van der Waals surface area contributed by atoms with Crippen molar-refractivity contribution in [1.82, 2.24) is 5.32 Å². The molecule has 2 amide bonds. The molecule has 1 unspecified atom stereocenters. The molecule has 196 valence electrons. The van der Waals surface area contributed by atoms with Gasteiger partial charge in [-0.05, 0) is 53.6 Å². The molecular formula is C27H21F3N2O6. The number of nitrogens with one attached hydrogen (secondary N) is 2. The summed E-state index contributed by atoms with van der Waals surface area (Å²) in [6.07, 6.45) is -4.49. The fourth-order valence-corrected chi connectivity index (χ4v) is 3.65. The van der Waals surface area contributed by atoms with Crippen molar-refractivity contribution in [2.75, 3.05) is 12.4 Å². The molecule has 4 rings (SSSR count). The highest BCUT2D eigenvalue weighted by Gasteiger charge is 2.35. The summed E-state index contributed by atoms with van der Waals surface area (Å²) in [6.45, 7) is 0. The topological polar surface area (TPSA) is 103 Å². The lowest BCUT2D eigenvalue weighted by molar-refractivity contribution is -0.141. The van der Waals surface area contributed by atoms with Gasteiger partial charge in [0.25, 0.3) is 5.91 Å². The van der Waals surface area contributed by atoms with Gasteiger partial charge in [0.05, 0.1) is 12.7 Å². The molecule has 1 aliphatic rings. The average Bonchev–Trinajstić information content (AvgIpc) is 3.21. The number of methoxy groups -OCH3 is 1. The van der Waals surface area contributed by atoms with Crippen molar-refractivity contribution < 1.29 is 41.8 Å². The van der Waals surface area contributed by atoms with Crippen molar-refractivity contribution >= 4 is 29.7 Å². The number of anilines is 1. The minimum absolute atomic E-state index is 0.0142. The van der Waals surface area contributed by atoms with Crippen LogP contribution in [0.1, 0.15) is 16.7 Å². The van der Waals surface area contributed by atoms with Gasteiger partial charge in [-0.2, -0.15) is 13.2 Å². The standard InChI is InChI=1S/C27H21F3N2O6/c1-36-25(34)21(31-18-5-3-2-4-6-18)14-16-7-10-19(11-8-16)37-22-12-9-17(13-20(22)27(28,29)30)15-23-24(33)32-26(35)38-23/h2-13,15,21,31H,14H2,1H3,(H,32,33,35)/b23-15-. The van der Waals surface area contributed by atoms with E-state index in [0.717, 1.165) is 29.5 Å². The number of cyclic esters (lactones) is 1. The van der Waals surface area contributed by atoms with E-state index in [1.54, 1.807) is 12.1 Å². The van der Waals surface area contributed by atoms with Crippen LogP contribution >= 0.6 is 0 Å². The fourth-order valence-electron chi connectivity index (χ4n) is 3.65. The van der Waals surface area contributed by atoms with Gasteiger partial charge in [-0.15, -0.1) is 0 Å². The quantitative estimate of drug-likeness (QED) is 0.303. The normalized spacial score (nSPS) is 15.0. The zero-order chi connectivity index (χ0) is 27.3. The predicted molar refractivity (Wildman–Crippen MR) is 130 cm³/mol. The number of esters is 1. The van der Waals surface area contributed by atoms with Crippen LogP contribution in [0.25, 0.3) is 6.08 Å². The van der Waals surface area contributed by atoms with E-state index in [0.29, 0.717) is 0 Å². The number of carbonyl (C=O) groups excluding carboxylic acids is 3. The summed E-state index contributed by atoms with van der Waals surface area (Å²) >= 11 is 0. The van der Waals surface area contributed by atoms with E-state index >= 15 is 0 Å². The van der Waals surface area contributed by atoms with Gasteiger partial charge >= 0.3 is 18.2 Å². The maximum absolute atomic E-state index is 13.8. The average molecular weight is 526 g/mol. The number of rotatable bonds is 8. The van der Waals surface area contributed by atoms with Crippen LogP contribution in [0.3, 0.4) is 0 Å². The van der Waals surface area contributed by atoms with Crippen LogP contribution in [0.15, 0.2) is 78.6 Å². The van der Waals surface area contributed by atoms with Gasteiger partial charge in [0.1, 0.15) is 17.5 Å². The Morgan fingerprint density at radius 3 is 2.37 bits per heavy atom. The number of alkyl carbamates (subject to hydrolysis) is 1. The first-order valence-electron chi connectivity index (χ1n) is 11.2. The molecule has 8 nitrogen and oxygen atoms in total. The van der Waals surface area contributed by atoms with Gasteiger partial charge in [-0.3, -0.25) is 10.1 Å². The van der Waals surface area contributed by atoms with E-state index in [1.165, 1.54) is 25.3 Å². The second kappa shape index (κ2) is 11.1. The Morgan fingerprint density at radius 1 is 1.05 bits per heavy atom. The third kappa shape index (κ3) is 6.49. The Hall–Kier alpha value is -4.80. The Labute approximate surface area is 215 Å². The Morgan fingerprint density at radius 2 is 1.76 bits per heavy atom. The first-order valence-corrected chi connectivity index (χ1v) is 11.2. The predicted octanol–water partition coefficient (Wildman–Crippen LogP) is 5.30. The number of alkyl halides is 3. The molecule has 0 aromatic heterocycles. The van der Waals surface area contributed by atoms with Gasteiger partial charge in [-0.25, -0.2) is 9.59 Å². The summed E-state index contributed by atoms with van der Waals surface area (Å²) in [7, 11) is 1.29. The Bertz CT molecular complexity index is 1370. The fraction of sp³-hybridized carbons (Fsp3) is 0.148. The number of imide groups is 1. The maximum atomic E-state index is 13.8. The molecule has 0 bridgehead atoms. The summed E-state index contributed by atoms with van der Waals surface area (Å²) in [5.41, 5.74) is 0.352. The molecule has 1 saturated heterocycles. The molecule has 0 aliphatic carbocycles. The molecule has 3 aromatic carbocycles. The Balaban J connectivity index is 1.51. The summed E-state index contributed by atoms with van der Waals surface area (Å²) < 4.78 is 56.3. The van der Waals surface area contributed by atoms with Crippen molar-refractivity contribution in [3.63, 3.8) is 0 Å². The van der Waals surface area contributed by atoms with E-state index in [-0.39, 0.29) is 17.7 Å². The number of carbonyl (C=O) groups is 3. The molecule has 0 radical (unpaired) electrons. The van der Waals surface area contributed by atoms with Crippen molar-refractivity contribution in [2.24, 2.45) is 0 Å². The zero-order valence-corrected chi connectivity index (χ0v) is 19.9. The van der Waals surface area contributed by atoms with Gasteiger partial charge in [0, 0.05) is 12.1 Å². The summed E-state index contributed by atoms with van der Waals surface area (Å²) in [6, 6.07) is 17.9. The molecule has 1 heterocycles. The van der Waals surface area contributed by atoms with E-state index in [4.69, 9.17) is 9.47 Å². The number of amides is 2. The van der Waals surface area contributed by atoms with Crippen molar-refractivity contribution in [2.45, 2.75) is 18.6 Å². The monoisotopic (exact) mass is 526 g/mol. The first-order chi connectivity index (χ1) is 18.1. The third-order valence-electron chi connectivity index (χ3n) is 5.44. The molecule has 11 heteroatoms. The minimum atomic E-state index is -4.77. The molecule has 1 aliphatic heterocycles. The number of ether oxygens (including phenoxy) is 3. The highest BCUT2D eigenvalue weighted by molar-refractivity contribution is 6.09. The van der Waals surface area contributed by atoms with Crippen molar-refractivity contribution in [3.05, 3.63) is 95.2 Å². The zero-order valence-electron chi connectivity index (χ0n) is 19.9. The highest BCUT2D eigenvalue weighted by atomic mass is 19.4. The van der Waals surface area contributed by atoms with Crippen molar-refractivity contribution in [1.29, 1.82) is 0 Å². The summed E-state index contributed by atoms with van der Waals surface area (Å²) in [4.78, 5) is 35.0. The van der Waals surface area contributed by atoms with Gasteiger partial charge < -0.3 is 19.5 Å². The smallest absolute Gasteiger partial charge is 0.420 e. The van der Waals surface area contributed by atoms with Gasteiger partial charge in [0.15, 0.2) is 5.76 Å². The number of halogens is 3. The molecular weight excluding hydrogens is 505 g/mol. The maximum Gasteiger partial charge on any atom is 0.420 e. The van der Waals surface area contributed by atoms with Crippen LogP contribution in [0.5, 0.6) is 11.5 Å². The second-order valence-corrected chi connectivity index (χ2v) is 8.14. The van der Waals surface area contributed by atoms with Crippen LogP contribution in [0.2, 0.25) is 0 Å². The van der Waals surface area contributed by atoms with Crippen LogP contribution in [-0.4, -0.2) is 31.1 Å². The SMILES string of the molecule is COC(=O)C(Cc1ccc(Oc2ccc(/C=C3\OC(=O)NC3=O)cc2C(F)(F)F)cc1)Nc1ccccc1. The van der Waals surface area contributed by atoms with Crippen LogP contribution in [0, 0.1) is 0 Å². The van der Waals surface area contributed by atoms with Crippen molar-refractivity contribution in [3.8, 4) is 11.5 Å². The first kappa shape index (κ1) is 26.3. The van der Waals surface area contributed by atoms with Gasteiger partial charge in [-0.1, -0.05) is 36.4 Å². The number of para-hydroxylation sites is 1. The lowest BCUT2D eigenvalue weighted by Gasteiger charge is -2.18. The van der Waals surface area contributed by atoms with Crippen LogP contribution in [-0.2, 0) is 31.7 Å². The lowest BCUT2D eigenvalue weighted by Crippen LogP contribution is -2.32. The van der Waals surface area contributed by atoms with Crippen LogP contribution in [0.4, 0.5) is 23.7 Å². The number of hydrogen-bond donors (Lipinski definition) is 2. The van der Waals surface area contributed by atoms with E-state index in [1.807, 2.05) is 35.6 Å². The molecule has 1 atom stereocenters. The largest absolute Gasteiger partial charge is 0.467 e. The lowest BCUT2D eigenvalue weighted by atomic mass is 10.1. The summed E-state index contributed by atoms with van der Waals surface area (Å²) in [5.74, 6) is -2.06. The number of benzene rings is 3. The van der Waals surface area contributed by atoms with Crippen LogP contribution < -0.4 is 15.4 Å². The molecule has 0 spiro atoms. The molecule has 38 heavy (non-hydrogen) atoms. The van der Waals surface area contributed by atoms with Gasteiger partial charge in [0.2, 0.25) is 0 Å². The number of hydrogen-bond acceptors (Lipinski definition) is 7. The minimum Gasteiger partial charge on any atom is -0.467 e. The Kier molecular flexibility index (Phi) is 7.66. The van der Waals surface area contributed by atoms with E-state index < -0.39 is 47.3 Å². The van der Waals surface area contributed by atoms with E-state index in [9.17, 15) is 27.6 Å². The highest BCUT2D eigenvalue weighted by Crippen LogP contribution is 2.39.